The summed E-state index contributed by atoms with van der Waals surface area (Å²) in [7, 11) is 0. The molecule has 0 radical (unpaired) electrons. The Morgan fingerprint density at radius 1 is 1.35 bits per heavy atom. The van der Waals surface area contributed by atoms with E-state index < -0.39 is 11.7 Å². The van der Waals surface area contributed by atoms with Gasteiger partial charge < -0.3 is 10.7 Å². The van der Waals surface area contributed by atoms with Crippen LogP contribution in [0.25, 0.3) is 11.0 Å². The smallest absolute Gasteiger partial charge is 0.341 e. The average molecular weight is 310 g/mol. The van der Waals surface area contributed by atoms with Crippen LogP contribution in [0.2, 0.25) is 0 Å². The summed E-state index contributed by atoms with van der Waals surface area (Å²) in [6.07, 6.45) is -4.35. The maximum absolute atomic E-state index is 12.4. The number of hydrogen-bond acceptors (Lipinski definition) is 2. The molecule has 3 N–H and O–H groups in total. The van der Waals surface area contributed by atoms with E-state index in [0.717, 1.165) is 12.1 Å². The molecule has 0 saturated heterocycles. The van der Waals surface area contributed by atoms with Crippen molar-refractivity contribution in [1.82, 2.24) is 9.97 Å². The Balaban J connectivity index is 0.00000144. The van der Waals surface area contributed by atoms with Gasteiger partial charge >= 0.3 is 6.18 Å². The second-order valence-corrected chi connectivity index (χ2v) is 3.64. The monoisotopic (exact) mass is 309 g/mol. The molecule has 0 bridgehead atoms. The van der Waals surface area contributed by atoms with Crippen molar-refractivity contribution in [2.45, 2.75) is 19.1 Å². The van der Waals surface area contributed by atoms with Gasteiger partial charge in [0, 0.05) is 0 Å². The van der Waals surface area contributed by atoms with E-state index in [-0.39, 0.29) is 28.5 Å². The van der Waals surface area contributed by atoms with Crippen molar-refractivity contribution in [3.63, 3.8) is 0 Å². The van der Waals surface area contributed by atoms with Gasteiger partial charge in [-0.05, 0) is 25.1 Å². The lowest BCUT2D eigenvalue weighted by atomic mass is 10.2. The molecule has 2 rings (SSSR count). The highest BCUT2D eigenvalue weighted by Crippen LogP contribution is 2.31. The summed E-state index contributed by atoms with van der Waals surface area (Å²) in [5.41, 5.74) is 5.72. The second kappa shape index (κ2) is 4.66. The summed E-state index contributed by atoms with van der Waals surface area (Å²) in [5.74, 6) is 0.481. The van der Waals surface area contributed by atoms with Crippen LogP contribution >= 0.6 is 17.0 Å². The third-order valence-corrected chi connectivity index (χ3v) is 2.26. The van der Waals surface area contributed by atoms with Gasteiger partial charge in [-0.1, -0.05) is 0 Å². The average Bonchev–Trinajstić information content (AvgIpc) is 2.58. The molecular formula is C10H11BrF3N3. The first-order valence-electron chi connectivity index (χ1n) is 4.70. The minimum Gasteiger partial charge on any atom is -0.341 e. The molecule has 3 nitrogen and oxygen atoms in total. The van der Waals surface area contributed by atoms with Crippen LogP contribution in [0.3, 0.4) is 0 Å². The number of fused-ring (bicyclic) bond motifs is 1. The van der Waals surface area contributed by atoms with Gasteiger partial charge in [-0.3, -0.25) is 0 Å². The molecule has 0 unspecified atom stereocenters. The number of benzene rings is 1. The van der Waals surface area contributed by atoms with Crippen LogP contribution < -0.4 is 5.73 Å². The highest BCUT2D eigenvalue weighted by atomic mass is 79.9. The van der Waals surface area contributed by atoms with Crippen LogP contribution in [0, 0.1) is 0 Å². The van der Waals surface area contributed by atoms with Gasteiger partial charge in [0.15, 0.2) is 0 Å². The lowest BCUT2D eigenvalue weighted by Crippen LogP contribution is -2.06. The Labute approximate surface area is 106 Å². The number of nitrogens with two attached hydrogens (primary N) is 1. The topological polar surface area (TPSA) is 54.7 Å². The molecule has 0 aliphatic carbocycles. The summed E-state index contributed by atoms with van der Waals surface area (Å²) in [6.45, 7) is 1.71. The molecule has 1 aromatic carbocycles. The highest BCUT2D eigenvalue weighted by molar-refractivity contribution is 8.93. The summed E-state index contributed by atoms with van der Waals surface area (Å²) in [4.78, 5) is 6.88. The largest absolute Gasteiger partial charge is 0.416 e. The summed E-state index contributed by atoms with van der Waals surface area (Å²) in [6, 6.07) is 3.06. The molecule has 0 fully saturated rings. The number of hydrogen-bond donors (Lipinski definition) is 2. The maximum Gasteiger partial charge on any atom is 0.416 e. The fourth-order valence-corrected chi connectivity index (χ4v) is 1.42. The van der Waals surface area contributed by atoms with Crippen LogP contribution in [0.5, 0.6) is 0 Å². The van der Waals surface area contributed by atoms with E-state index in [1.165, 1.54) is 6.07 Å². The first kappa shape index (κ1) is 14.0. The molecule has 17 heavy (non-hydrogen) atoms. The van der Waals surface area contributed by atoms with Gasteiger partial charge in [0.25, 0.3) is 0 Å². The van der Waals surface area contributed by atoms with Crippen LogP contribution in [0.1, 0.15) is 24.4 Å². The van der Waals surface area contributed by atoms with Gasteiger partial charge in [0.1, 0.15) is 5.82 Å². The van der Waals surface area contributed by atoms with E-state index in [2.05, 4.69) is 9.97 Å². The summed E-state index contributed by atoms with van der Waals surface area (Å²) in [5, 5.41) is 0. The van der Waals surface area contributed by atoms with Gasteiger partial charge in [-0.2, -0.15) is 13.2 Å². The predicted octanol–water partition coefficient (Wildman–Crippen LogP) is 3.18. The first-order valence-corrected chi connectivity index (χ1v) is 4.70. The number of H-pyrrole nitrogens is 1. The molecule has 1 atom stereocenters. The third kappa shape index (κ3) is 2.78. The van der Waals surface area contributed by atoms with Crippen LogP contribution in [-0.2, 0) is 6.18 Å². The van der Waals surface area contributed by atoms with Crippen molar-refractivity contribution in [2.75, 3.05) is 0 Å². The minimum atomic E-state index is -4.35. The first-order chi connectivity index (χ1) is 7.38. The van der Waals surface area contributed by atoms with Gasteiger partial charge in [-0.25, -0.2) is 4.98 Å². The van der Waals surface area contributed by atoms with Gasteiger partial charge in [0.05, 0.1) is 22.6 Å². The van der Waals surface area contributed by atoms with E-state index in [0.29, 0.717) is 11.3 Å². The minimum absolute atomic E-state index is 0. The number of halogens is 4. The van der Waals surface area contributed by atoms with Crippen molar-refractivity contribution in [2.24, 2.45) is 5.73 Å². The number of nitrogens with one attached hydrogen (secondary N) is 1. The number of aromatic amines is 1. The number of rotatable bonds is 1. The molecule has 1 aromatic heterocycles. The standard InChI is InChI=1S/C10H10F3N3.BrH/c1-5(14)9-15-7-3-2-6(10(11,12)13)4-8(7)16-9;/h2-5H,14H2,1H3,(H,15,16);1H/t5-;/m0./s1. The molecule has 94 valence electrons. The Morgan fingerprint density at radius 3 is 2.53 bits per heavy atom. The molecule has 0 spiro atoms. The summed E-state index contributed by atoms with van der Waals surface area (Å²) < 4.78 is 37.3. The predicted molar refractivity (Wildman–Crippen MR) is 64.0 cm³/mol. The zero-order valence-corrected chi connectivity index (χ0v) is 10.6. The number of imidazole rings is 1. The van der Waals surface area contributed by atoms with Crippen LogP contribution in [-0.4, -0.2) is 9.97 Å². The number of nitrogens with zero attached hydrogens (tertiary/aromatic N) is 1. The fraction of sp³-hybridized carbons (Fsp3) is 0.300. The van der Waals surface area contributed by atoms with Crippen molar-refractivity contribution in [3.05, 3.63) is 29.6 Å². The van der Waals surface area contributed by atoms with Gasteiger partial charge in [-0.15, -0.1) is 17.0 Å². The number of aromatic nitrogens is 2. The normalized spacial score (nSPS) is 13.5. The molecule has 7 heteroatoms. The van der Waals surface area contributed by atoms with Gasteiger partial charge in [0.2, 0.25) is 0 Å². The molecule has 0 amide bonds. The zero-order chi connectivity index (χ0) is 11.9. The maximum atomic E-state index is 12.4. The highest BCUT2D eigenvalue weighted by Gasteiger charge is 2.30. The Bertz CT molecular complexity index is 519. The summed E-state index contributed by atoms with van der Waals surface area (Å²) >= 11 is 0. The van der Waals surface area contributed by atoms with Crippen LogP contribution in [0.15, 0.2) is 18.2 Å². The Hall–Kier alpha value is -1.08. The van der Waals surface area contributed by atoms with Crippen molar-refractivity contribution in [1.29, 1.82) is 0 Å². The fourth-order valence-electron chi connectivity index (χ4n) is 1.42. The molecule has 0 aliphatic rings. The molecule has 1 heterocycles. The molecule has 0 aliphatic heterocycles. The van der Waals surface area contributed by atoms with E-state index in [1.807, 2.05) is 0 Å². The van der Waals surface area contributed by atoms with E-state index in [1.54, 1.807) is 6.92 Å². The molecule has 0 saturated carbocycles. The van der Waals surface area contributed by atoms with Crippen molar-refractivity contribution >= 4 is 28.0 Å². The Kier molecular flexibility index (Phi) is 3.83. The molecule has 2 aromatic rings. The Morgan fingerprint density at radius 2 is 2.00 bits per heavy atom. The van der Waals surface area contributed by atoms with E-state index in [4.69, 9.17) is 5.73 Å². The van der Waals surface area contributed by atoms with Crippen LogP contribution in [0.4, 0.5) is 13.2 Å². The molecular weight excluding hydrogens is 299 g/mol. The van der Waals surface area contributed by atoms with Crippen molar-refractivity contribution in [3.8, 4) is 0 Å². The third-order valence-electron chi connectivity index (χ3n) is 2.26. The lowest BCUT2D eigenvalue weighted by Gasteiger charge is -2.04. The SMILES string of the molecule is Br.C[C@H](N)c1nc2cc(C(F)(F)F)ccc2[nH]1. The zero-order valence-electron chi connectivity index (χ0n) is 8.88. The second-order valence-electron chi connectivity index (χ2n) is 3.64. The number of alkyl halides is 3. The van der Waals surface area contributed by atoms with Crippen molar-refractivity contribution < 1.29 is 13.2 Å². The lowest BCUT2D eigenvalue weighted by molar-refractivity contribution is -0.137. The van der Waals surface area contributed by atoms with E-state index in [9.17, 15) is 13.2 Å². The van der Waals surface area contributed by atoms with E-state index >= 15 is 0 Å². The quantitative estimate of drug-likeness (QED) is 0.850.